The number of rotatable bonds is 4. The van der Waals surface area contributed by atoms with E-state index in [-0.39, 0.29) is 35.3 Å². The van der Waals surface area contributed by atoms with Crippen molar-refractivity contribution in [2.24, 2.45) is 0 Å². The number of piperidine rings is 1. The highest BCUT2D eigenvalue weighted by molar-refractivity contribution is 7.89. The maximum absolute atomic E-state index is 13.1. The minimum atomic E-state index is -3.86. The molecular formula is C21H31N3O4S. The third-order valence-corrected chi connectivity index (χ3v) is 8.19. The molecule has 3 rings (SSSR count). The number of likely N-dealkylation sites (N-methyl/N-ethyl adjacent to an activating group) is 2. The fraction of sp³-hybridized carbons (Fsp3) is 0.619. The summed E-state index contributed by atoms with van der Waals surface area (Å²) in [6.07, 6.45) is 2.96. The van der Waals surface area contributed by atoms with Crippen LogP contribution >= 0.6 is 0 Å². The molecule has 1 fully saturated rings. The Labute approximate surface area is 173 Å². The zero-order valence-electron chi connectivity index (χ0n) is 18.1. The van der Waals surface area contributed by atoms with Crippen LogP contribution in [0.25, 0.3) is 0 Å². The number of benzene rings is 1. The van der Waals surface area contributed by atoms with Crippen LogP contribution in [0.4, 0.5) is 5.69 Å². The Kier molecular flexibility index (Phi) is 5.55. The quantitative estimate of drug-likeness (QED) is 0.748. The largest absolute Gasteiger partial charge is 0.336 e. The van der Waals surface area contributed by atoms with Gasteiger partial charge in [-0.05, 0) is 70.7 Å². The van der Waals surface area contributed by atoms with Crippen LogP contribution in [-0.2, 0) is 25.0 Å². The number of fused-ring (bicyclic) bond motifs is 1. The van der Waals surface area contributed by atoms with Crippen molar-refractivity contribution in [2.75, 3.05) is 25.5 Å². The monoisotopic (exact) mass is 421 g/mol. The van der Waals surface area contributed by atoms with Crippen LogP contribution in [0.2, 0.25) is 0 Å². The summed E-state index contributed by atoms with van der Waals surface area (Å²) in [6, 6.07) is 4.97. The highest BCUT2D eigenvalue weighted by atomic mass is 32.2. The normalized spacial score (nSPS) is 24.2. The molecule has 0 N–H and O–H groups in total. The van der Waals surface area contributed by atoms with Gasteiger partial charge in [0.05, 0.1) is 16.9 Å². The number of sulfonamides is 1. The average molecular weight is 422 g/mol. The molecule has 1 aromatic carbocycles. The molecule has 8 heteroatoms. The molecular weight excluding hydrogens is 390 g/mol. The highest BCUT2D eigenvalue weighted by Gasteiger charge is 2.43. The number of hydrogen-bond acceptors (Lipinski definition) is 4. The Bertz CT molecular complexity index is 931. The zero-order chi connectivity index (χ0) is 21.7. The number of carbonyl (C=O) groups excluding carboxylic acids is 2. The van der Waals surface area contributed by atoms with Gasteiger partial charge in [-0.3, -0.25) is 9.59 Å². The lowest BCUT2D eigenvalue weighted by Crippen LogP contribution is -2.51. The van der Waals surface area contributed by atoms with Crippen molar-refractivity contribution in [2.45, 2.75) is 69.4 Å². The standard InChI is InChI=1S/C21H31N3O4S/c1-14-8-7-9-15(2)24(14)19(25)13-22(5)29(27,28)16-10-11-18-17(12-16)21(3,4)20(26)23(18)6/h10-12,14-15H,7-9,13H2,1-6H3/t14-,15+. The molecule has 2 amide bonds. The van der Waals surface area contributed by atoms with Gasteiger partial charge < -0.3 is 9.80 Å². The summed E-state index contributed by atoms with van der Waals surface area (Å²) in [4.78, 5) is 28.8. The third-order valence-electron chi connectivity index (χ3n) is 6.39. The van der Waals surface area contributed by atoms with Crippen molar-refractivity contribution in [3.8, 4) is 0 Å². The number of likely N-dealkylation sites (tertiary alicyclic amines) is 1. The van der Waals surface area contributed by atoms with Crippen LogP contribution in [0, 0.1) is 0 Å². The Morgan fingerprint density at radius 1 is 1.21 bits per heavy atom. The van der Waals surface area contributed by atoms with Gasteiger partial charge in [-0.1, -0.05) is 0 Å². The maximum Gasteiger partial charge on any atom is 0.243 e. The van der Waals surface area contributed by atoms with Gasteiger partial charge in [-0.2, -0.15) is 4.31 Å². The molecule has 0 unspecified atom stereocenters. The molecule has 0 bridgehead atoms. The first kappa shape index (κ1) is 21.8. The molecule has 2 aliphatic heterocycles. The fourth-order valence-electron chi connectivity index (χ4n) is 4.56. The first-order valence-electron chi connectivity index (χ1n) is 10.1. The molecule has 1 aromatic rings. The van der Waals surface area contributed by atoms with E-state index < -0.39 is 15.4 Å². The van der Waals surface area contributed by atoms with Crippen LogP contribution in [0.5, 0.6) is 0 Å². The first-order valence-corrected chi connectivity index (χ1v) is 11.5. The molecule has 2 atom stereocenters. The second-order valence-electron chi connectivity index (χ2n) is 8.86. The van der Waals surface area contributed by atoms with E-state index in [2.05, 4.69) is 0 Å². The molecule has 7 nitrogen and oxygen atoms in total. The first-order chi connectivity index (χ1) is 13.4. The van der Waals surface area contributed by atoms with E-state index in [1.807, 2.05) is 18.7 Å². The summed E-state index contributed by atoms with van der Waals surface area (Å²) in [6.45, 7) is 7.41. The molecule has 160 valence electrons. The Morgan fingerprint density at radius 3 is 2.38 bits per heavy atom. The van der Waals surface area contributed by atoms with Crippen molar-refractivity contribution in [3.63, 3.8) is 0 Å². The number of carbonyl (C=O) groups is 2. The molecule has 0 spiro atoms. The summed E-state index contributed by atoms with van der Waals surface area (Å²) >= 11 is 0. The number of anilines is 1. The maximum atomic E-state index is 13.1. The van der Waals surface area contributed by atoms with E-state index in [0.29, 0.717) is 11.3 Å². The lowest BCUT2D eigenvalue weighted by Gasteiger charge is -2.39. The summed E-state index contributed by atoms with van der Waals surface area (Å²) in [5, 5.41) is 0. The smallest absolute Gasteiger partial charge is 0.243 e. The van der Waals surface area contributed by atoms with Gasteiger partial charge in [-0.15, -0.1) is 0 Å². The summed E-state index contributed by atoms with van der Waals surface area (Å²) < 4.78 is 27.4. The Hall–Kier alpha value is -1.93. The van der Waals surface area contributed by atoms with Crippen molar-refractivity contribution in [3.05, 3.63) is 23.8 Å². The van der Waals surface area contributed by atoms with Crippen LogP contribution in [0.15, 0.2) is 23.1 Å². The van der Waals surface area contributed by atoms with Gasteiger partial charge >= 0.3 is 0 Å². The van der Waals surface area contributed by atoms with E-state index in [4.69, 9.17) is 0 Å². The number of hydrogen-bond donors (Lipinski definition) is 0. The zero-order valence-corrected chi connectivity index (χ0v) is 18.9. The van der Waals surface area contributed by atoms with Crippen LogP contribution in [0.1, 0.15) is 52.5 Å². The number of nitrogens with zero attached hydrogens (tertiary/aromatic N) is 3. The van der Waals surface area contributed by atoms with Crippen molar-refractivity contribution >= 4 is 27.5 Å². The van der Waals surface area contributed by atoms with Crippen molar-refractivity contribution in [1.82, 2.24) is 9.21 Å². The van der Waals surface area contributed by atoms with E-state index in [1.165, 1.54) is 13.1 Å². The van der Waals surface area contributed by atoms with Gasteiger partial charge in [-0.25, -0.2) is 8.42 Å². The summed E-state index contributed by atoms with van der Waals surface area (Å²) in [5.41, 5.74) is 0.612. The van der Waals surface area contributed by atoms with Crippen molar-refractivity contribution in [1.29, 1.82) is 0 Å². The van der Waals surface area contributed by atoms with E-state index >= 15 is 0 Å². The van der Waals surface area contributed by atoms with E-state index in [0.717, 1.165) is 23.6 Å². The van der Waals surface area contributed by atoms with E-state index in [9.17, 15) is 18.0 Å². The van der Waals surface area contributed by atoms with Gasteiger partial charge in [0.25, 0.3) is 0 Å². The van der Waals surface area contributed by atoms with Gasteiger partial charge in [0.1, 0.15) is 0 Å². The molecule has 2 aliphatic rings. The average Bonchev–Trinajstić information content (AvgIpc) is 2.81. The lowest BCUT2D eigenvalue weighted by molar-refractivity contribution is -0.137. The second-order valence-corrected chi connectivity index (χ2v) is 10.9. The highest BCUT2D eigenvalue weighted by Crippen LogP contribution is 2.41. The predicted molar refractivity (Wildman–Crippen MR) is 112 cm³/mol. The Morgan fingerprint density at radius 2 is 1.79 bits per heavy atom. The number of amides is 2. The topological polar surface area (TPSA) is 78.0 Å². The third kappa shape index (κ3) is 3.57. The minimum absolute atomic E-state index is 0.0707. The summed E-state index contributed by atoms with van der Waals surface area (Å²) in [5.74, 6) is -0.245. The molecule has 0 aliphatic carbocycles. The predicted octanol–water partition coefficient (Wildman–Crippen LogP) is 2.35. The second kappa shape index (κ2) is 7.40. The lowest BCUT2D eigenvalue weighted by atomic mass is 9.86. The SMILES string of the molecule is C[C@@H]1CCC[C@H](C)N1C(=O)CN(C)S(=O)(=O)c1ccc2c(c1)C(C)(C)C(=O)N2C. The Balaban J connectivity index is 1.85. The van der Waals surface area contributed by atoms with Gasteiger partial charge in [0.15, 0.2) is 0 Å². The van der Waals surface area contributed by atoms with E-state index in [1.54, 1.807) is 37.9 Å². The minimum Gasteiger partial charge on any atom is -0.336 e. The van der Waals surface area contributed by atoms with Gasteiger partial charge in [0, 0.05) is 31.9 Å². The van der Waals surface area contributed by atoms with Crippen LogP contribution in [-0.4, -0.2) is 62.2 Å². The molecule has 29 heavy (non-hydrogen) atoms. The molecule has 1 saturated heterocycles. The summed E-state index contributed by atoms with van der Waals surface area (Å²) in [7, 11) is -0.735. The molecule has 0 radical (unpaired) electrons. The van der Waals surface area contributed by atoms with Crippen LogP contribution in [0.3, 0.4) is 0 Å². The molecule has 0 saturated carbocycles. The van der Waals surface area contributed by atoms with Crippen molar-refractivity contribution < 1.29 is 18.0 Å². The van der Waals surface area contributed by atoms with Gasteiger partial charge in [0.2, 0.25) is 21.8 Å². The fourth-order valence-corrected chi connectivity index (χ4v) is 5.71. The molecule has 2 heterocycles. The van der Waals surface area contributed by atoms with Crippen LogP contribution < -0.4 is 4.90 Å². The molecule has 0 aromatic heterocycles.